The van der Waals surface area contributed by atoms with Crippen molar-refractivity contribution in [3.63, 3.8) is 0 Å². The van der Waals surface area contributed by atoms with E-state index in [1.54, 1.807) is 0 Å². The second-order valence-electron chi connectivity index (χ2n) is 4.42. The van der Waals surface area contributed by atoms with Gasteiger partial charge < -0.3 is 4.74 Å². The van der Waals surface area contributed by atoms with Crippen molar-refractivity contribution in [3.05, 3.63) is 0 Å². The average molecular weight is 296 g/mol. The van der Waals surface area contributed by atoms with Crippen molar-refractivity contribution in [2.24, 2.45) is 23.7 Å². The van der Waals surface area contributed by atoms with E-state index in [4.69, 9.17) is 4.74 Å². The number of rotatable bonds is 0. The molecule has 1 nitrogen and oxygen atoms in total. The van der Waals surface area contributed by atoms with E-state index >= 15 is 0 Å². The molecule has 3 fully saturated rings. The molecule has 2 saturated carbocycles. The lowest BCUT2D eigenvalue weighted by atomic mass is 9.82. The van der Waals surface area contributed by atoms with Gasteiger partial charge in [-0.15, -0.1) is 0 Å². The quantitative estimate of drug-likeness (QED) is 0.625. The van der Waals surface area contributed by atoms with Crippen LogP contribution in [0.2, 0.25) is 0 Å². The molecule has 0 aromatic rings. The standard InChI is InChI=1S/C9H12Br2O/c10-9(11)7-1-5-3-12-4-6(5)2-8(7)9/h5-8H,1-4H2/t5-,6-,7-,8-/m1/s1. The summed E-state index contributed by atoms with van der Waals surface area (Å²) in [5, 5.41) is 0. The van der Waals surface area contributed by atoms with Crippen molar-refractivity contribution >= 4 is 31.9 Å². The zero-order chi connectivity index (χ0) is 8.34. The molecule has 0 spiro atoms. The van der Waals surface area contributed by atoms with Crippen LogP contribution in [0.5, 0.6) is 0 Å². The average Bonchev–Trinajstić information content (AvgIpc) is 2.50. The third-order valence-electron chi connectivity index (χ3n) is 3.81. The van der Waals surface area contributed by atoms with Crippen LogP contribution in [0, 0.1) is 23.7 Å². The molecule has 68 valence electrons. The largest absolute Gasteiger partial charge is 0.381 e. The molecule has 0 bridgehead atoms. The van der Waals surface area contributed by atoms with Gasteiger partial charge >= 0.3 is 0 Å². The molecule has 0 aromatic heterocycles. The van der Waals surface area contributed by atoms with Crippen LogP contribution in [0.1, 0.15) is 12.8 Å². The van der Waals surface area contributed by atoms with Gasteiger partial charge in [0.05, 0.1) is 3.23 Å². The fourth-order valence-electron chi connectivity index (χ4n) is 2.92. The molecule has 0 amide bonds. The minimum atomic E-state index is 0.310. The molecular formula is C9H12Br2O. The van der Waals surface area contributed by atoms with Crippen LogP contribution in [0.25, 0.3) is 0 Å². The molecule has 12 heavy (non-hydrogen) atoms. The van der Waals surface area contributed by atoms with Gasteiger partial charge in [-0.25, -0.2) is 0 Å². The Morgan fingerprint density at radius 2 is 1.50 bits per heavy atom. The first-order valence-corrected chi connectivity index (χ1v) is 6.23. The Morgan fingerprint density at radius 3 is 2.00 bits per heavy atom. The predicted molar refractivity (Wildman–Crippen MR) is 54.6 cm³/mol. The Morgan fingerprint density at radius 1 is 1.00 bits per heavy atom. The van der Waals surface area contributed by atoms with E-state index in [1.807, 2.05) is 0 Å². The molecule has 3 aliphatic rings. The monoisotopic (exact) mass is 294 g/mol. The third-order valence-corrected chi connectivity index (χ3v) is 6.16. The number of halogens is 2. The van der Waals surface area contributed by atoms with Gasteiger partial charge in [0.1, 0.15) is 0 Å². The maximum atomic E-state index is 5.50. The zero-order valence-electron chi connectivity index (χ0n) is 6.80. The van der Waals surface area contributed by atoms with E-state index in [9.17, 15) is 0 Å². The maximum absolute atomic E-state index is 5.50. The second-order valence-corrected chi connectivity index (χ2v) is 8.11. The van der Waals surface area contributed by atoms with Gasteiger partial charge in [0.25, 0.3) is 0 Å². The van der Waals surface area contributed by atoms with E-state index in [0.717, 1.165) is 36.9 Å². The van der Waals surface area contributed by atoms with Gasteiger partial charge in [0.15, 0.2) is 0 Å². The van der Waals surface area contributed by atoms with Gasteiger partial charge in [-0.3, -0.25) is 0 Å². The molecule has 1 heterocycles. The van der Waals surface area contributed by atoms with E-state index in [1.165, 1.54) is 12.8 Å². The van der Waals surface area contributed by atoms with Crippen LogP contribution < -0.4 is 0 Å². The molecule has 0 unspecified atom stereocenters. The molecule has 1 saturated heterocycles. The number of ether oxygens (including phenoxy) is 1. The summed E-state index contributed by atoms with van der Waals surface area (Å²) in [5.41, 5.74) is 0. The first-order valence-electron chi connectivity index (χ1n) is 4.65. The second kappa shape index (κ2) is 2.48. The van der Waals surface area contributed by atoms with Gasteiger partial charge in [-0.1, -0.05) is 31.9 Å². The first-order chi connectivity index (χ1) is 5.69. The van der Waals surface area contributed by atoms with Gasteiger partial charge in [-0.05, 0) is 36.5 Å². The molecule has 1 aliphatic heterocycles. The highest BCUT2D eigenvalue weighted by Crippen LogP contribution is 2.69. The van der Waals surface area contributed by atoms with E-state index in [2.05, 4.69) is 31.9 Å². The van der Waals surface area contributed by atoms with E-state index < -0.39 is 0 Å². The van der Waals surface area contributed by atoms with Crippen molar-refractivity contribution in [2.45, 2.75) is 16.1 Å². The molecule has 3 rings (SSSR count). The number of hydrogen-bond acceptors (Lipinski definition) is 1. The summed E-state index contributed by atoms with van der Waals surface area (Å²) in [6.07, 6.45) is 2.73. The predicted octanol–water partition coefficient (Wildman–Crippen LogP) is 2.77. The van der Waals surface area contributed by atoms with Crippen molar-refractivity contribution in [1.29, 1.82) is 0 Å². The van der Waals surface area contributed by atoms with E-state index in [0.29, 0.717) is 3.23 Å². The van der Waals surface area contributed by atoms with Crippen LogP contribution in [0.3, 0.4) is 0 Å². The first kappa shape index (κ1) is 8.25. The lowest BCUT2D eigenvalue weighted by Crippen LogP contribution is -2.18. The van der Waals surface area contributed by atoms with Crippen LogP contribution in [0.4, 0.5) is 0 Å². The molecular weight excluding hydrogens is 284 g/mol. The molecule has 0 N–H and O–H groups in total. The topological polar surface area (TPSA) is 9.23 Å². The maximum Gasteiger partial charge on any atom is 0.0868 e. The highest BCUT2D eigenvalue weighted by atomic mass is 79.9. The minimum Gasteiger partial charge on any atom is -0.381 e. The third kappa shape index (κ3) is 0.992. The highest BCUT2D eigenvalue weighted by Gasteiger charge is 2.65. The SMILES string of the molecule is BrC1(Br)[C@@H]2C[C@@H]3COC[C@H]3C[C@H]21. The molecule has 0 radical (unpaired) electrons. The summed E-state index contributed by atoms with van der Waals surface area (Å²) in [4.78, 5) is 0. The van der Waals surface area contributed by atoms with E-state index in [-0.39, 0.29) is 0 Å². The van der Waals surface area contributed by atoms with Crippen LogP contribution in [0.15, 0.2) is 0 Å². The van der Waals surface area contributed by atoms with Gasteiger partial charge in [-0.2, -0.15) is 0 Å². The number of hydrogen-bond donors (Lipinski definition) is 0. The van der Waals surface area contributed by atoms with Gasteiger partial charge in [0.2, 0.25) is 0 Å². The zero-order valence-corrected chi connectivity index (χ0v) is 9.97. The molecule has 0 aromatic carbocycles. The van der Waals surface area contributed by atoms with Crippen LogP contribution >= 0.6 is 31.9 Å². The summed E-state index contributed by atoms with van der Waals surface area (Å²) < 4.78 is 5.81. The summed E-state index contributed by atoms with van der Waals surface area (Å²) in [5.74, 6) is 3.48. The Bertz CT molecular complexity index is 193. The Kier molecular flexibility index (Phi) is 1.71. The van der Waals surface area contributed by atoms with Crippen molar-refractivity contribution < 1.29 is 4.74 Å². The Labute approximate surface area is 89.5 Å². The number of alkyl halides is 2. The fourth-order valence-corrected chi connectivity index (χ4v) is 4.68. The fraction of sp³-hybridized carbons (Fsp3) is 1.00. The van der Waals surface area contributed by atoms with Crippen molar-refractivity contribution in [3.8, 4) is 0 Å². The van der Waals surface area contributed by atoms with Crippen LogP contribution in [-0.2, 0) is 4.74 Å². The molecule has 4 atom stereocenters. The summed E-state index contributed by atoms with van der Waals surface area (Å²) in [7, 11) is 0. The van der Waals surface area contributed by atoms with Crippen molar-refractivity contribution in [1.82, 2.24) is 0 Å². The highest BCUT2D eigenvalue weighted by molar-refractivity contribution is 9.25. The summed E-state index contributed by atoms with van der Waals surface area (Å²) >= 11 is 7.53. The summed E-state index contributed by atoms with van der Waals surface area (Å²) in [6, 6.07) is 0. The molecule has 2 aliphatic carbocycles. The molecule has 3 heteroatoms. The Hall–Kier alpha value is 0.920. The van der Waals surface area contributed by atoms with Crippen molar-refractivity contribution in [2.75, 3.05) is 13.2 Å². The smallest absolute Gasteiger partial charge is 0.0868 e. The van der Waals surface area contributed by atoms with Crippen LogP contribution in [-0.4, -0.2) is 16.4 Å². The number of fused-ring (bicyclic) bond motifs is 2. The lowest BCUT2D eigenvalue weighted by molar-refractivity contribution is 0.180. The van der Waals surface area contributed by atoms with Gasteiger partial charge in [0, 0.05) is 13.2 Å². The Balaban J connectivity index is 1.78. The lowest BCUT2D eigenvalue weighted by Gasteiger charge is -2.21. The summed E-state index contributed by atoms with van der Waals surface area (Å²) in [6.45, 7) is 2.04. The minimum absolute atomic E-state index is 0.310. The normalized spacial score (nSPS) is 54.5.